The van der Waals surface area contributed by atoms with Crippen LogP contribution in [-0.2, 0) is 6.42 Å². The summed E-state index contributed by atoms with van der Waals surface area (Å²) < 4.78 is 26.8. The molecule has 0 unspecified atom stereocenters. The molecule has 1 fully saturated rings. The summed E-state index contributed by atoms with van der Waals surface area (Å²) in [5, 5.41) is 2.88. The van der Waals surface area contributed by atoms with E-state index in [2.05, 4.69) is 10.3 Å². The van der Waals surface area contributed by atoms with Crippen LogP contribution in [0.2, 0.25) is 0 Å². The Bertz CT molecular complexity index is 888. The van der Waals surface area contributed by atoms with E-state index in [0.29, 0.717) is 35.2 Å². The van der Waals surface area contributed by atoms with Crippen molar-refractivity contribution in [1.29, 1.82) is 0 Å². The highest BCUT2D eigenvalue weighted by Gasteiger charge is 2.41. The predicted molar refractivity (Wildman–Crippen MR) is 87.8 cm³/mol. The van der Waals surface area contributed by atoms with Crippen LogP contribution in [0.15, 0.2) is 18.2 Å². The van der Waals surface area contributed by atoms with Crippen molar-refractivity contribution in [2.24, 2.45) is 0 Å². The minimum absolute atomic E-state index is 0.0757. The molecule has 2 aliphatic carbocycles. The van der Waals surface area contributed by atoms with Crippen LogP contribution in [0.5, 0.6) is 0 Å². The Morgan fingerprint density at radius 2 is 2.08 bits per heavy atom. The van der Waals surface area contributed by atoms with Crippen LogP contribution in [0.4, 0.5) is 8.78 Å². The van der Waals surface area contributed by atoms with Crippen molar-refractivity contribution in [2.75, 3.05) is 0 Å². The van der Waals surface area contributed by atoms with E-state index in [-0.39, 0.29) is 23.7 Å². The quantitative estimate of drug-likeness (QED) is 0.896. The number of ketones is 1. The molecule has 0 spiro atoms. The molecule has 2 atom stereocenters. The van der Waals surface area contributed by atoms with Crippen LogP contribution in [0.3, 0.4) is 0 Å². The number of carbonyl (C=O) groups excluding carboxylic acids is 2. The van der Waals surface area contributed by atoms with Gasteiger partial charge in [0.2, 0.25) is 0 Å². The van der Waals surface area contributed by atoms with Gasteiger partial charge in [0.25, 0.3) is 5.91 Å². The number of hydrogen-bond donors (Lipinski definition) is 2. The number of amides is 1. The van der Waals surface area contributed by atoms with Gasteiger partial charge in [0.1, 0.15) is 17.3 Å². The van der Waals surface area contributed by atoms with E-state index in [0.717, 1.165) is 24.6 Å². The molecule has 2 aromatic rings. The van der Waals surface area contributed by atoms with Gasteiger partial charge in [-0.25, -0.2) is 8.78 Å². The fourth-order valence-corrected chi connectivity index (χ4v) is 3.74. The van der Waals surface area contributed by atoms with E-state index in [1.54, 1.807) is 6.92 Å². The van der Waals surface area contributed by atoms with Crippen molar-refractivity contribution in [2.45, 2.75) is 44.6 Å². The van der Waals surface area contributed by atoms with Crippen LogP contribution in [0.1, 0.15) is 62.8 Å². The summed E-state index contributed by atoms with van der Waals surface area (Å²) in [5.74, 6) is -1.55. The van der Waals surface area contributed by atoms with E-state index < -0.39 is 11.6 Å². The first-order chi connectivity index (χ1) is 12.0. The Balaban J connectivity index is 1.50. The minimum atomic E-state index is -0.611. The molecule has 25 heavy (non-hydrogen) atoms. The molecule has 2 N–H and O–H groups in total. The Labute approximate surface area is 143 Å². The third kappa shape index (κ3) is 2.75. The van der Waals surface area contributed by atoms with E-state index in [4.69, 9.17) is 0 Å². The number of carbonyl (C=O) groups is 2. The Kier molecular flexibility index (Phi) is 3.71. The molecule has 6 heteroatoms. The molecule has 0 radical (unpaired) electrons. The first-order valence-corrected chi connectivity index (χ1v) is 8.46. The number of aromatic amines is 1. The average molecular weight is 344 g/mol. The van der Waals surface area contributed by atoms with Crippen molar-refractivity contribution in [3.05, 3.63) is 57.9 Å². The lowest BCUT2D eigenvalue weighted by Crippen LogP contribution is -2.27. The molecular weight excluding hydrogens is 326 g/mol. The fraction of sp³-hybridized carbons (Fsp3) is 0.368. The second kappa shape index (κ2) is 5.79. The van der Waals surface area contributed by atoms with Gasteiger partial charge < -0.3 is 10.3 Å². The first kappa shape index (κ1) is 16.0. The number of aromatic nitrogens is 1. The normalized spacial score (nSPS) is 21.8. The molecular formula is C19H18F2N2O2. The van der Waals surface area contributed by atoms with Crippen molar-refractivity contribution in [1.82, 2.24) is 10.3 Å². The van der Waals surface area contributed by atoms with Crippen molar-refractivity contribution >= 4 is 11.7 Å². The molecule has 0 aliphatic heterocycles. The van der Waals surface area contributed by atoms with Gasteiger partial charge in [-0.15, -0.1) is 0 Å². The van der Waals surface area contributed by atoms with Gasteiger partial charge in [-0.05, 0) is 43.4 Å². The number of aryl methyl sites for hydroxylation is 1. The van der Waals surface area contributed by atoms with Gasteiger partial charge in [-0.1, -0.05) is 6.07 Å². The fourth-order valence-electron chi connectivity index (χ4n) is 3.74. The zero-order valence-electron chi connectivity index (χ0n) is 13.8. The van der Waals surface area contributed by atoms with Gasteiger partial charge in [0.05, 0.1) is 0 Å². The van der Waals surface area contributed by atoms with Crippen LogP contribution in [-0.4, -0.2) is 22.7 Å². The SMILES string of the molecule is Cc1c(C(=O)N[C@H]2C[C@@H]2c2ccc(F)cc2F)[nH]c2c1C(=O)CCC2. The highest BCUT2D eigenvalue weighted by molar-refractivity contribution is 6.04. The molecule has 130 valence electrons. The maximum atomic E-state index is 13.8. The molecule has 1 aromatic heterocycles. The zero-order chi connectivity index (χ0) is 17.7. The van der Waals surface area contributed by atoms with Crippen LogP contribution in [0.25, 0.3) is 0 Å². The summed E-state index contributed by atoms with van der Waals surface area (Å²) in [4.78, 5) is 27.7. The molecule has 0 saturated heterocycles. The van der Waals surface area contributed by atoms with Crippen molar-refractivity contribution in [3.8, 4) is 0 Å². The largest absolute Gasteiger partial charge is 0.354 e. The molecule has 1 heterocycles. The molecule has 1 amide bonds. The Hall–Kier alpha value is -2.50. The number of hydrogen-bond acceptors (Lipinski definition) is 2. The molecule has 2 aliphatic rings. The van der Waals surface area contributed by atoms with E-state index >= 15 is 0 Å². The lowest BCUT2D eigenvalue weighted by Gasteiger charge is -2.09. The number of Topliss-reactive ketones (excluding diaryl/α,β-unsaturated/α-hetero) is 1. The van der Waals surface area contributed by atoms with Crippen molar-refractivity contribution in [3.63, 3.8) is 0 Å². The summed E-state index contributed by atoms with van der Waals surface area (Å²) in [6.07, 6.45) is 2.69. The number of benzene rings is 1. The average Bonchev–Trinajstić information content (AvgIpc) is 3.21. The Morgan fingerprint density at radius 1 is 1.28 bits per heavy atom. The first-order valence-electron chi connectivity index (χ1n) is 8.46. The van der Waals surface area contributed by atoms with Gasteiger partial charge in [-0.2, -0.15) is 0 Å². The predicted octanol–water partition coefficient (Wildman–Crippen LogP) is 3.41. The number of rotatable bonds is 3. The van der Waals surface area contributed by atoms with Gasteiger partial charge >= 0.3 is 0 Å². The number of halogens is 2. The van der Waals surface area contributed by atoms with Crippen molar-refractivity contribution < 1.29 is 18.4 Å². The maximum absolute atomic E-state index is 13.8. The monoisotopic (exact) mass is 344 g/mol. The molecule has 1 saturated carbocycles. The third-order valence-corrected chi connectivity index (χ3v) is 5.13. The summed E-state index contributed by atoms with van der Waals surface area (Å²) >= 11 is 0. The lowest BCUT2D eigenvalue weighted by molar-refractivity contribution is 0.0944. The minimum Gasteiger partial charge on any atom is -0.354 e. The van der Waals surface area contributed by atoms with Crippen LogP contribution < -0.4 is 5.32 Å². The van der Waals surface area contributed by atoms with Gasteiger partial charge in [-0.3, -0.25) is 9.59 Å². The molecule has 0 bridgehead atoms. The number of nitrogens with one attached hydrogen (secondary N) is 2. The van der Waals surface area contributed by atoms with E-state index in [1.807, 2.05) is 0 Å². The smallest absolute Gasteiger partial charge is 0.268 e. The number of H-pyrrole nitrogens is 1. The lowest BCUT2D eigenvalue weighted by atomic mass is 9.94. The van der Waals surface area contributed by atoms with Gasteiger partial charge in [0, 0.05) is 35.7 Å². The standard InChI is InChI=1S/C19H18F2N2O2/c1-9-17-14(3-2-4-16(17)24)22-18(9)19(25)23-15-8-12(15)11-6-5-10(20)7-13(11)21/h5-7,12,15,22H,2-4,8H2,1H3,(H,23,25)/t12-,15+/m1/s1. The maximum Gasteiger partial charge on any atom is 0.268 e. The molecule has 4 rings (SSSR count). The summed E-state index contributed by atoms with van der Waals surface area (Å²) in [6.45, 7) is 1.78. The van der Waals surface area contributed by atoms with Crippen LogP contribution in [0, 0.1) is 18.6 Å². The Morgan fingerprint density at radius 3 is 2.80 bits per heavy atom. The highest BCUT2D eigenvalue weighted by atomic mass is 19.1. The third-order valence-electron chi connectivity index (χ3n) is 5.13. The highest BCUT2D eigenvalue weighted by Crippen LogP contribution is 2.42. The van der Waals surface area contributed by atoms with E-state index in [1.165, 1.54) is 12.1 Å². The topological polar surface area (TPSA) is 62.0 Å². The number of fused-ring (bicyclic) bond motifs is 1. The second-order valence-electron chi connectivity index (χ2n) is 6.84. The summed E-state index contributed by atoms with van der Waals surface area (Å²) in [5.41, 5.74) is 2.99. The molecule has 4 nitrogen and oxygen atoms in total. The van der Waals surface area contributed by atoms with Gasteiger partial charge in [0.15, 0.2) is 5.78 Å². The van der Waals surface area contributed by atoms with E-state index in [9.17, 15) is 18.4 Å². The van der Waals surface area contributed by atoms with Crippen LogP contribution >= 0.6 is 0 Å². The second-order valence-corrected chi connectivity index (χ2v) is 6.84. The zero-order valence-corrected chi connectivity index (χ0v) is 13.8. The summed E-state index contributed by atoms with van der Waals surface area (Å²) in [7, 11) is 0. The molecule has 1 aromatic carbocycles. The summed E-state index contributed by atoms with van der Waals surface area (Å²) in [6, 6.07) is 3.34.